The molecule has 6 heteroatoms. The molecule has 1 aliphatic rings. The number of nitrogens with two attached hydrogens (primary N) is 1. The number of ether oxygens (including phenoxy) is 2. The van der Waals surface area contributed by atoms with Gasteiger partial charge in [-0.3, -0.25) is 0 Å². The zero-order chi connectivity index (χ0) is 16.2. The average Bonchev–Trinajstić information content (AvgIpc) is 2.55. The lowest BCUT2D eigenvalue weighted by Crippen LogP contribution is -2.36. The molecule has 2 aromatic rings. The van der Waals surface area contributed by atoms with Gasteiger partial charge in [0.25, 0.3) is 0 Å². The van der Waals surface area contributed by atoms with E-state index in [1.807, 2.05) is 44.2 Å². The van der Waals surface area contributed by atoms with Crippen molar-refractivity contribution in [2.24, 2.45) is 0 Å². The summed E-state index contributed by atoms with van der Waals surface area (Å²) in [6.07, 6.45) is 0.129. The highest BCUT2D eigenvalue weighted by atomic mass is 16.5. The van der Waals surface area contributed by atoms with Gasteiger partial charge in [-0.1, -0.05) is 12.1 Å². The third kappa shape index (κ3) is 3.90. The molecule has 0 spiro atoms. The van der Waals surface area contributed by atoms with Crippen molar-refractivity contribution < 1.29 is 9.47 Å². The Morgan fingerprint density at radius 3 is 2.70 bits per heavy atom. The summed E-state index contributed by atoms with van der Waals surface area (Å²) in [7, 11) is 0. The zero-order valence-corrected chi connectivity index (χ0v) is 13.5. The molecule has 0 amide bonds. The molecule has 0 saturated carbocycles. The summed E-state index contributed by atoms with van der Waals surface area (Å²) < 4.78 is 11.1. The molecular formula is C17H22N4O2. The Balaban J connectivity index is 1.91. The number of nitrogen functional groups attached to an aromatic ring is 1. The van der Waals surface area contributed by atoms with Crippen LogP contribution in [0, 0.1) is 0 Å². The highest BCUT2D eigenvalue weighted by Gasteiger charge is 2.15. The van der Waals surface area contributed by atoms with Crippen molar-refractivity contribution in [2.45, 2.75) is 20.0 Å². The van der Waals surface area contributed by atoms with E-state index in [1.165, 1.54) is 0 Å². The fraction of sp³-hybridized carbons (Fsp3) is 0.412. The molecule has 0 aliphatic carbocycles. The van der Waals surface area contributed by atoms with Crippen LogP contribution < -0.4 is 15.4 Å². The molecule has 2 N–H and O–H groups in total. The van der Waals surface area contributed by atoms with Crippen molar-refractivity contribution >= 4 is 11.8 Å². The van der Waals surface area contributed by atoms with Crippen LogP contribution >= 0.6 is 0 Å². The summed E-state index contributed by atoms with van der Waals surface area (Å²) in [6, 6.07) is 9.84. The Morgan fingerprint density at radius 1 is 1.17 bits per heavy atom. The van der Waals surface area contributed by atoms with Gasteiger partial charge in [-0.15, -0.1) is 0 Å². The van der Waals surface area contributed by atoms with Crippen molar-refractivity contribution in [1.29, 1.82) is 0 Å². The lowest BCUT2D eigenvalue weighted by molar-refractivity contribution is 0.122. The predicted molar refractivity (Wildman–Crippen MR) is 90.7 cm³/mol. The number of benzene rings is 1. The second-order valence-electron chi connectivity index (χ2n) is 5.76. The van der Waals surface area contributed by atoms with Crippen LogP contribution in [0.5, 0.6) is 5.75 Å². The van der Waals surface area contributed by atoms with Crippen LogP contribution in [-0.2, 0) is 4.74 Å². The quantitative estimate of drug-likeness (QED) is 0.934. The van der Waals surface area contributed by atoms with Crippen molar-refractivity contribution in [3.8, 4) is 17.0 Å². The van der Waals surface area contributed by atoms with Gasteiger partial charge in [-0.05, 0) is 26.0 Å². The maximum atomic E-state index is 5.91. The number of rotatable bonds is 4. The largest absolute Gasteiger partial charge is 0.491 e. The summed E-state index contributed by atoms with van der Waals surface area (Å²) in [5.41, 5.74) is 7.67. The van der Waals surface area contributed by atoms with Crippen LogP contribution in [0.2, 0.25) is 0 Å². The van der Waals surface area contributed by atoms with Gasteiger partial charge in [0.05, 0.1) is 25.0 Å². The molecule has 1 fully saturated rings. The van der Waals surface area contributed by atoms with Crippen LogP contribution in [0.4, 0.5) is 11.8 Å². The van der Waals surface area contributed by atoms with Crippen LogP contribution in [-0.4, -0.2) is 42.4 Å². The first-order chi connectivity index (χ1) is 11.1. The number of aromatic nitrogens is 2. The maximum Gasteiger partial charge on any atom is 0.222 e. The number of hydrogen-bond acceptors (Lipinski definition) is 6. The average molecular weight is 314 g/mol. The van der Waals surface area contributed by atoms with Gasteiger partial charge >= 0.3 is 0 Å². The monoisotopic (exact) mass is 314 g/mol. The fourth-order valence-electron chi connectivity index (χ4n) is 2.56. The summed E-state index contributed by atoms with van der Waals surface area (Å²) in [4.78, 5) is 10.9. The van der Waals surface area contributed by atoms with Crippen LogP contribution in [0.1, 0.15) is 13.8 Å². The first kappa shape index (κ1) is 15.6. The van der Waals surface area contributed by atoms with E-state index in [0.29, 0.717) is 13.2 Å². The molecule has 3 rings (SSSR count). The molecule has 0 bridgehead atoms. The van der Waals surface area contributed by atoms with E-state index in [2.05, 4.69) is 14.9 Å². The van der Waals surface area contributed by atoms with Gasteiger partial charge in [0, 0.05) is 24.7 Å². The molecule has 2 heterocycles. The molecule has 1 aliphatic heterocycles. The second kappa shape index (κ2) is 6.83. The van der Waals surface area contributed by atoms with Gasteiger partial charge in [0.15, 0.2) is 0 Å². The van der Waals surface area contributed by atoms with Crippen molar-refractivity contribution in [1.82, 2.24) is 9.97 Å². The molecule has 0 unspecified atom stereocenters. The van der Waals surface area contributed by atoms with Crippen LogP contribution in [0.25, 0.3) is 11.3 Å². The lowest BCUT2D eigenvalue weighted by Gasteiger charge is -2.28. The Morgan fingerprint density at radius 2 is 1.96 bits per heavy atom. The topological polar surface area (TPSA) is 73.5 Å². The molecule has 122 valence electrons. The molecular weight excluding hydrogens is 292 g/mol. The molecule has 1 aromatic carbocycles. The van der Waals surface area contributed by atoms with Gasteiger partial charge in [0.1, 0.15) is 11.6 Å². The van der Waals surface area contributed by atoms with Crippen molar-refractivity contribution in [2.75, 3.05) is 36.9 Å². The minimum Gasteiger partial charge on any atom is -0.491 e. The Bertz CT molecular complexity index is 669. The molecule has 1 aromatic heterocycles. The van der Waals surface area contributed by atoms with Crippen LogP contribution in [0.15, 0.2) is 30.3 Å². The summed E-state index contributed by atoms with van der Waals surface area (Å²) in [5, 5.41) is 0. The SMILES string of the molecule is CC(C)Oc1cccc(-c2cc(N3CCOCC3)nc(N)n2)c1. The Kier molecular flexibility index (Phi) is 4.62. The minimum absolute atomic E-state index is 0.129. The van der Waals surface area contributed by atoms with E-state index in [9.17, 15) is 0 Å². The summed E-state index contributed by atoms with van der Waals surface area (Å²) in [5.74, 6) is 1.94. The number of nitrogens with zero attached hydrogens (tertiary/aromatic N) is 3. The van der Waals surface area contributed by atoms with Crippen molar-refractivity contribution in [3.05, 3.63) is 30.3 Å². The predicted octanol–water partition coefficient (Wildman–Crippen LogP) is 2.35. The fourth-order valence-corrected chi connectivity index (χ4v) is 2.56. The van der Waals surface area contributed by atoms with E-state index in [-0.39, 0.29) is 12.1 Å². The summed E-state index contributed by atoms with van der Waals surface area (Å²) >= 11 is 0. The highest BCUT2D eigenvalue weighted by molar-refractivity contribution is 5.66. The maximum absolute atomic E-state index is 5.91. The first-order valence-electron chi connectivity index (χ1n) is 7.86. The van der Waals surface area contributed by atoms with E-state index < -0.39 is 0 Å². The second-order valence-corrected chi connectivity index (χ2v) is 5.76. The van der Waals surface area contributed by atoms with E-state index in [4.69, 9.17) is 15.2 Å². The van der Waals surface area contributed by atoms with E-state index in [1.54, 1.807) is 0 Å². The van der Waals surface area contributed by atoms with Crippen molar-refractivity contribution in [3.63, 3.8) is 0 Å². The van der Waals surface area contributed by atoms with Gasteiger partial charge in [-0.2, -0.15) is 4.98 Å². The molecule has 23 heavy (non-hydrogen) atoms. The molecule has 6 nitrogen and oxygen atoms in total. The standard InChI is InChI=1S/C17H22N4O2/c1-12(2)23-14-5-3-4-13(10-14)15-11-16(20-17(18)19-15)21-6-8-22-9-7-21/h3-5,10-12H,6-9H2,1-2H3,(H2,18,19,20). The molecule has 1 saturated heterocycles. The van der Waals surface area contributed by atoms with Crippen LogP contribution in [0.3, 0.4) is 0 Å². The van der Waals surface area contributed by atoms with Gasteiger partial charge in [-0.25, -0.2) is 4.98 Å². The highest BCUT2D eigenvalue weighted by Crippen LogP contribution is 2.26. The Labute approximate surface area is 136 Å². The normalized spacial score (nSPS) is 15.0. The molecule has 0 radical (unpaired) electrons. The number of morpholine rings is 1. The minimum atomic E-state index is 0.129. The Hall–Kier alpha value is -2.34. The van der Waals surface area contributed by atoms with Gasteiger partial charge < -0.3 is 20.1 Å². The summed E-state index contributed by atoms with van der Waals surface area (Å²) in [6.45, 7) is 7.05. The number of hydrogen-bond donors (Lipinski definition) is 1. The first-order valence-corrected chi connectivity index (χ1v) is 7.86. The number of anilines is 2. The third-order valence-electron chi connectivity index (χ3n) is 3.57. The lowest BCUT2D eigenvalue weighted by atomic mass is 10.1. The van der Waals surface area contributed by atoms with E-state index in [0.717, 1.165) is 35.9 Å². The zero-order valence-electron chi connectivity index (χ0n) is 13.5. The smallest absolute Gasteiger partial charge is 0.222 e. The van der Waals surface area contributed by atoms with E-state index >= 15 is 0 Å². The molecule has 0 atom stereocenters. The third-order valence-corrected chi connectivity index (χ3v) is 3.57. The van der Waals surface area contributed by atoms with Gasteiger partial charge in [0.2, 0.25) is 5.95 Å².